The highest BCUT2D eigenvalue weighted by molar-refractivity contribution is 7.98. The number of nitrogens with zero attached hydrogens (tertiary/aromatic N) is 1. The van der Waals surface area contributed by atoms with Gasteiger partial charge in [-0.25, -0.2) is 0 Å². The number of likely N-dealkylation sites (N-methyl/N-ethyl adjacent to an activating group) is 1. The Morgan fingerprint density at radius 2 is 1.96 bits per heavy atom. The van der Waals surface area contributed by atoms with Gasteiger partial charge in [-0.1, -0.05) is 35.9 Å². The van der Waals surface area contributed by atoms with E-state index in [0.29, 0.717) is 5.02 Å². The van der Waals surface area contributed by atoms with Crippen molar-refractivity contribution in [2.75, 3.05) is 25.2 Å². The van der Waals surface area contributed by atoms with Gasteiger partial charge in [0.2, 0.25) is 11.8 Å². The van der Waals surface area contributed by atoms with Gasteiger partial charge in [-0.05, 0) is 42.2 Å². The Kier molecular flexibility index (Phi) is 7.10. The Hall–Kier alpha value is -2.24. The minimum absolute atomic E-state index is 0.0264. The SMILES string of the molecule is CSc1ccccc1NC(=O)CN(C)C(=O)C=Cc1cccc(Cl)c1. The van der Waals surface area contributed by atoms with Crippen molar-refractivity contribution < 1.29 is 9.59 Å². The number of anilines is 1. The summed E-state index contributed by atoms with van der Waals surface area (Å²) in [6.45, 7) is -0.0264. The summed E-state index contributed by atoms with van der Waals surface area (Å²) in [5, 5.41) is 3.44. The van der Waals surface area contributed by atoms with E-state index in [4.69, 9.17) is 11.6 Å². The summed E-state index contributed by atoms with van der Waals surface area (Å²) in [5.41, 5.74) is 1.57. The normalized spacial score (nSPS) is 10.7. The molecule has 0 radical (unpaired) electrons. The molecule has 0 atom stereocenters. The second-order valence-electron chi connectivity index (χ2n) is 5.33. The van der Waals surface area contributed by atoms with Gasteiger partial charge in [-0.15, -0.1) is 11.8 Å². The maximum atomic E-state index is 12.2. The fraction of sp³-hybridized carbons (Fsp3) is 0.158. The summed E-state index contributed by atoms with van der Waals surface area (Å²) in [6.07, 6.45) is 5.04. The molecule has 0 saturated carbocycles. The highest BCUT2D eigenvalue weighted by Gasteiger charge is 2.12. The van der Waals surface area contributed by atoms with Crippen molar-refractivity contribution in [3.8, 4) is 0 Å². The molecule has 0 fully saturated rings. The predicted octanol–water partition coefficient (Wildman–Crippen LogP) is 4.17. The van der Waals surface area contributed by atoms with Crippen LogP contribution in [0.15, 0.2) is 59.5 Å². The van der Waals surface area contributed by atoms with E-state index >= 15 is 0 Å². The number of para-hydroxylation sites is 1. The van der Waals surface area contributed by atoms with Gasteiger partial charge >= 0.3 is 0 Å². The standard InChI is InChI=1S/C19H19ClN2O2S/c1-22(19(24)11-10-14-6-5-7-15(20)12-14)13-18(23)21-16-8-3-4-9-17(16)25-2/h3-12H,13H2,1-2H3,(H,21,23). The zero-order valence-corrected chi connectivity index (χ0v) is 15.6. The zero-order valence-electron chi connectivity index (χ0n) is 14.0. The lowest BCUT2D eigenvalue weighted by Gasteiger charge is -2.15. The van der Waals surface area contributed by atoms with Crippen LogP contribution in [0.25, 0.3) is 6.08 Å². The third-order valence-corrected chi connectivity index (χ3v) is 4.44. The molecule has 1 N–H and O–H groups in total. The van der Waals surface area contributed by atoms with Gasteiger partial charge in [0, 0.05) is 23.0 Å². The molecule has 0 unspecified atom stereocenters. The molecule has 2 amide bonds. The quantitative estimate of drug-likeness (QED) is 0.609. The molecule has 2 rings (SSSR count). The van der Waals surface area contributed by atoms with E-state index < -0.39 is 0 Å². The molecule has 0 heterocycles. The minimum Gasteiger partial charge on any atom is -0.333 e. The fourth-order valence-electron chi connectivity index (χ4n) is 2.14. The Labute approximate surface area is 156 Å². The first-order valence-corrected chi connectivity index (χ1v) is 9.21. The summed E-state index contributed by atoms with van der Waals surface area (Å²) in [7, 11) is 1.59. The van der Waals surface area contributed by atoms with Crippen LogP contribution in [-0.2, 0) is 9.59 Å². The van der Waals surface area contributed by atoms with Crippen LogP contribution in [-0.4, -0.2) is 36.6 Å². The lowest BCUT2D eigenvalue weighted by molar-refractivity contribution is -0.129. The van der Waals surface area contributed by atoms with Crippen LogP contribution in [0, 0.1) is 0 Å². The van der Waals surface area contributed by atoms with Gasteiger partial charge in [-0.3, -0.25) is 9.59 Å². The molecule has 130 valence electrons. The van der Waals surface area contributed by atoms with E-state index in [1.807, 2.05) is 42.7 Å². The maximum Gasteiger partial charge on any atom is 0.246 e. The first kappa shape index (κ1) is 19.1. The highest BCUT2D eigenvalue weighted by Crippen LogP contribution is 2.24. The van der Waals surface area contributed by atoms with Crippen molar-refractivity contribution in [3.63, 3.8) is 0 Å². The largest absolute Gasteiger partial charge is 0.333 e. The number of hydrogen-bond donors (Lipinski definition) is 1. The van der Waals surface area contributed by atoms with E-state index in [1.165, 1.54) is 11.0 Å². The molecule has 0 saturated heterocycles. The maximum absolute atomic E-state index is 12.2. The van der Waals surface area contributed by atoms with E-state index in [-0.39, 0.29) is 18.4 Å². The van der Waals surface area contributed by atoms with Crippen molar-refractivity contribution in [2.45, 2.75) is 4.90 Å². The number of nitrogens with one attached hydrogen (secondary N) is 1. The smallest absolute Gasteiger partial charge is 0.246 e. The average molecular weight is 375 g/mol. The van der Waals surface area contributed by atoms with Crippen molar-refractivity contribution in [2.24, 2.45) is 0 Å². The number of halogens is 1. The van der Waals surface area contributed by atoms with Crippen LogP contribution in [0.1, 0.15) is 5.56 Å². The molecular formula is C19H19ClN2O2S. The minimum atomic E-state index is -0.256. The van der Waals surface area contributed by atoms with Crippen molar-refractivity contribution >= 4 is 46.9 Å². The van der Waals surface area contributed by atoms with E-state index in [2.05, 4.69) is 5.32 Å². The molecule has 6 heteroatoms. The molecule has 2 aromatic rings. The van der Waals surface area contributed by atoms with Crippen LogP contribution in [0.4, 0.5) is 5.69 Å². The van der Waals surface area contributed by atoms with E-state index in [1.54, 1.807) is 37.0 Å². The van der Waals surface area contributed by atoms with E-state index in [9.17, 15) is 9.59 Å². The topological polar surface area (TPSA) is 49.4 Å². The molecule has 0 spiro atoms. The second-order valence-corrected chi connectivity index (χ2v) is 6.62. The Morgan fingerprint density at radius 3 is 2.68 bits per heavy atom. The first-order chi connectivity index (χ1) is 12.0. The highest BCUT2D eigenvalue weighted by atomic mass is 35.5. The van der Waals surface area contributed by atoms with Gasteiger partial charge in [0.15, 0.2) is 0 Å². The molecule has 0 aromatic heterocycles. The number of thioether (sulfide) groups is 1. The summed E-state index contributed by atoms with van der Waals surface area (Å²) in [5.74, 6) is -0.498. The Balaban J connectivity index is 1.93. The number of hydrogen-bond acceptors (Lipinski definition) is 3. The van der Waals surface area contributed by atoms with Crippen LogP contribution in [0.5, 0.6) is 0 Å². The van der Waals surface area contributed by atoms with Gasteiger partial charge in [0.25, 0.3) is 0 Å². The zero-order chi connectivity index (χ0) is 18.2. The number of carbonyl (C=O) groups excluding carboxylic acids is 2. The van der Waals surface area contributed by atoms with Crippen molar-refractivity contribution in [1.82, 2.24) is 4.90 Å². The monoisotopic (exact) mass is 374 g/mol. The van der Waals surface area contributed by atoms with Crippen LogP contribution >= 0.6 is 23.4 Å². The van der Waals surface area contributed by atoms with Gasteiger partial charge in [0.05, 0.1) is 12.2 Å². The number of benzene rings is 2. The molecule has 0 aliphatic carbocycles. The number of carbonyl (C=O) groups is 2. The molecule has 25 heavy (non-hydrogen) atoms. The van der Waals surface area contributed by atoms with Gasteiger partial charge in [-0.2, -0.15) is 0 Å². The molecule has 0 aliphatic rings. The lowest BCUT2D eigenvalue weighted by atomic mass is 10.2. The first-order valence-electron chi connectivity index (χ1n) is 7.61. The summed E-state index contributed by atoms with van der Waals surface area (Å²) < 4.78 is 0. The number of rotatable bonds is 6. The average Bonchev–Trinajstić information content (AvgIpc) is 2.60. The lowest BCUT2D eigenvalue weighted by Crippen LogP contribution is -2.33. The van der Waals surface area contributed by atoms with Gasteiger partial charge < -0.3 is 10.2 Å². The van der Waals surface area contributed by atoms with E-state index in [0.717, 1.165) is 16.1 Å². The molecular weight excluding hydrogens is 356 g/mol. The van der Waals surface area contributed by atoms with Crippen LogP contribution in [0.2, 0.25) is 5.02 Å². The Bertz CT molecular complexity index is 792. The summed E-state index contributed by atoms with van der Waals surface area (Å²) in [6, 6.07) is 14.7. The third-order valence-electron chi connectivity index (χ3n) is 3.41. The molecule has 4 nitrogen and oxygen atoms in total. The van der Waals surface area contributed by atoms with Crippen molar-refractivity contribution in [3.05, 3.63) is 65.2 Å². The third kappa shape index (κ3) is 5.96. The Morgan fingerprint density at radius 1 is 1.20 bits per heavy atom. The van der Waals surface area contributed by atoms with Gasteiger partial charge in [0.1, 0.15) is 0 Å². The predicted molar refractivity (Wildman–Crippen MR) is 105 cm³/mol. The number of amides is 2. The summed E-state index contributed by atoms with van der Waals surface area (Å²) in [4.78, 5) is 26.6. The molecule has 0 aliphatic heterocycles. The molecule has 2 aromatic carbocycles. The van der Waals surface area contributed by atoms with Crippen LogP contribution in [0.3, 0.4) is 0 Å². The van der Waals surface area contributed by atoms with Crippen molar-refractivity contribution in [1.29, 1.82) is 0 Å². The summed E-state index contributed by atoms with van der Waals surface area (Å²) >= 11 is 7.46. The fourth-order valence-corrected chi connectivity index (χ4v) is 2.89. The van der Waals surface area contributed by atoms with Crippen LogP contribution < -0.4 is 5.32 Å². The second kappa shape index (κ2) is 9.30. The molecule has 0 bridgehead atoms.